The van der Waals surface area contributed by atoms with Crippen molar-refractivity contribution in [2.24, 2.45) is 0 Å². The highest BCUT2D eigenvalue weighted by Crippen LogP contribution is 2.19. The Morgan fingerprint density at radius 2 is 0.653 bits per heavy atom. The lowest BCUT2D eigenvalue weighted by Gasteiger charge is -2.22. The van der Waals surface area contributed by atoms with Crippen molar-refractivity contribution in [2.75, 3.05) is 13.2 Å². The van der Waals surface area contributed by atoms with Crippen LogP contribution in [0.5, 0.6) is 0 Å². The number of aliphatic hydroxyl groups is 2. The molecular formula is C66H129NO5. The number of nitrogens with one attached hydrogen (secondary N) is 1. The minimum atomic E-state index is -0.669. The van der Waals surface area contributed by atoms with Crippen LogP contribution in [-0.2, 0) is 14.3 Å². The summed E-state index contributed by atoms with van der Waals surface area (Å²) in [6.45, 7) is 4.97. The van der Waals surface area contributed by atoms with Crippen LogP contribution in [-0.4, -0.2) is 47.4 Å². The normalized spacial score (nSPS) is 12.6. The van der Waals surface area contributed by atoms with E-state index in [2.05, 4.69) is 31.3 Å². The fourth-order valence-electron chi connectivity index (χ4n) is 10.5. The number of carbonyl (C=O) groups is 2. The maximum Gasteiger partial charge on any atom is 0.305 e. The molecule has 0 aromatic heterocycles. The molecule has 0 aliphatic carbocycles. The predicted octanol–water partition coefficient (Wildman–Crippen LogP) is 20.8. The first-order chi connectivity index (χ1) is 35.5. The lowest BCUT2D eigenvalue weighted by molar-refractivity contribution is -0.143. The van der Waals surface area contributed by atoms with Gasteiger partial charge in [-0.2, -0.15) is 0 Å². The molecule has 2 atom stereocenters. The van der Waals surface area contributed by atoms with Gasteiger partial charge >= 0.3 is 5.97 Å². The maximum atomic E-state index is 12.5. The third kappa shape index (κ3) is 57.9. The Morgan fingerprint density at radius 1 is 0.375 bits per heavy atom. The molecule has 0 heterocycles. The molecule has 0 aromatic rings. The second kappa shape index (κ2) is 62.1. The van der Waals surface area contributed by atoms with E-state index in [-0.39, 0.29) is 18.5 Å². The lowest BCUT2D eigenvalue weighted by atomic mass is 10.0. The summed E-state index contributed by atoms with van der Waals surface area (Å²) >= 11 is 0. The molecule has 0 saturated carbocycles. The summed E-state index contributed by atoms with van der Waals surface area (Å²) < 4.78 is 5.49. The lowest BCUT2D eigenvalue weighted by Crippen LogP contribution is -2.45. The van der Waals surface area contributed by atoms with Gasteiger partial charge in [0.2, 0.25) is 5.91 Å². The van der Waals surface area contributed by atoms with Gasteiger partial charge in [-0.25, -0.2) is 0 Å². The summed E-state index contributed by atoms with van der Waals surface area (Å²) in [5.41, 5.74) is 0. The van der Waals surface area contributed by atoms with Crippen molar-refractivity contribution >= 4 is 11.9 Å². The SMILES string of the molecule is CCCCCCCCC/C=C\CCCCCCCC(=O)OCCCCCCCCCCCCCCCCCCCC(=O)NC(CO)C(O)CCCCCCCCCCCCCCCCCCCCCCCC. The van der Waals surface area contributed by atoms with E-state index in [0.717, 1.165) is 44.9 Å². The molecule has 0 aromatic carbocycles. The van der Waals surface area contributed by atoms with Crippen LogP contribution in [0.2, 0.25) is 0 Å². The Balaban J connectivity index is 3.41. The number of rotatable bonds is 62. The average Bonchev–Trinajstić information content (AvgIpc) is 3.38. The molecule has 6 heteroatoms. The Morgan fingerprint density at radius 3 is 0.986 bits per heavy atom. The minimum Gasteiger partial charge on any atom is -0.466 e. The van der Waals surface area contributed by atoms with Crippen molar-refractivity contribution < 1.29 is 24.5 Å². The minimum absolute atomic E-state index is 0.000681. The van der Waals surface area contributed by atoms with E-state index >= 15 is 0 Å². The molecule has 1 amide bonds. The van der Waals surface area contributed by atoms with E-state index in [4.69, 9.17) is 4.74 Å². The van der Waals surface area contributed by atoms with Gasteiger partial charge in [0.05, 0.1) is 25.4 Å². The number of hydrogen-bond acceptors (Lipinski definition) is 5. The number of allylic oxidation sites excluding steroid dienone is 2. The topological polar surface area (TPSA) is 95.9 Å². The van der Waals surface area contributed by atoms with Crippen LogP contribution in [0.1, 0.15) is 373 Å². The predicted molar refractivity (Wildman–Crippen MR) is 315 cm³/mol. The number of amides is 1. The van der Waals surface area contributed by atoms with E-state index < -0.39 is 12.1 Å². The van der Waals surface area contributed by atoms with Crippen molar-refractivity contribution in [3.8, 4) is 0 Å². The van der Waals surface area contributed by atoms with Gasteiger partial charge in [0.25, 0.3) is 0 Å². The molecule has 0 radical (unpaired) electrons. The molecule has 0 aliphatic rings. The van der Waals surface area contributed by atoms with E-state index in [9.17, 15) is 19.8 Å². The summed E-state index contributed by atoms with van der Waals surface area (Å²) in [6, 6.07) is -0.546. The van der Waals surface area contributed by atoms with Crippen LogP contribution >= 0.6 is 0 Å². The Hall–Kier alpha value is -1.40. The number of hydrogen-bond donors (Lipinski definition) is 3. The number of ether oxygens (including phenoxy) is 1. The number of carbonyl (C=O) groups excluding carboxylic acids is 2. The van der Waals surface area contributed by atoms with E-state index in [0.29, 0.717) is 25.9 Å². The molecule has 72 heavy (non-hydrogen) atoms. The van der Waals surface area contributed by atoms with Crippen molar-refractivity contribution in [3.63, 3.8) is 0 Å². The highest BCUT2D eigenvalue weighted by molar-refractivity contribution is 5.76. The van der Waals surface area contributed by atoms with Gasteiger partial charge in [-0.05, 0) is 51.4 Å². The highest BCUT2D eigenvalue weighted by atomic mass is 16.5. The molecule has 0 fully saturated rings. The van der Waals surface area contributed by atoms with Gasteiger partial charge in [0.15, 0.2) is 0 Å². The highest BCUT2D eigenvalue weighted by Gasteiger charge is 2.20. The molecule has 0 rings (SSSR count). The van der Waals surface area contributed by atoms with Gasteiger partial charge in [0, 0.05) is 12.8 Å². The summed E-state index contributed by atoms with van der Waals surface area (Å²) in [5.74, 6) is -0.0366. The Kier molecular flexibility index (Phi) is 60.9. The zero-order valence-corrected chi connectivity index (χ0v) is 48.9. The standard InChI is InChI=1S/C66H129NO5/c1-3-5-7-9-11-13-15-17-19-21-22-23-24-25-27-30-34-38-42-46-50-54-58-64(69)63(62-68)67-65(70)59-55-51-47-43-39-35-31-28-26-29-33-37-41-45-49-53-57-61-72-66(71)60-56-52-48-44-40-36-32-20-18-16-14-12-10-8-6-4-2/h20,32,63-64,68-69H,3-19,21-31,33-62H2,1-2H3,(H,67,70)/b32-20-. The molecule has 0 bridgehead atoms. The van der Waals surface area contributed by atoms with Gasteiger partial charge in [-0.3, -0.25) is 9.59 Å². The fraction of sp³-hybridized carbons (Fsp3) is 0.939. The smallest absolute Gasteiger partial charge is 0.305 e. The summed E-state index contributed by atoms with van der Waals surface area (Å²) in [6.07, 6.45) is 75.1. The van der Waals surface area contributed by atoms with Crippen molar-refractivity contribution in [2.45, 2.75) is 386 Å². The van der Waals surface area contributed by atoms with Crippen LogP contribution in [0, 0.1) is 0 Å². The van der Waals surface area contributed by atoms with Crippen molar-refractivity contribution in [1.29, 1.82) is 0 Å². The number of esters is 1. The average molecular weight is 1020 g/mol. The molecule has 6 nitrogen and oxygen atoms in total. The van der Waals surface area contributed by atoms with Crippen LogP contribution in [0.15, 0.2) is 12.2 Å². The largest absolute Gasteiger partial charge is 0.466 e. The van der Waals surface area contributed by atoms with Gasteiger partial charge < -0.3 is 20.3 Å². The molecule has 0 spiro atoms. The van der Waals surface area contributed by atoms with Gasteiger partial charge in [-0.1, -0.05) is 321 Å². The molecule has 428 valence electrons. The third-order valence-electron chi connectivity index (χ3n) is 15.6. The van der Waals surface area contributed by atoms with Crippen molar-refractivity contribution in [1.82, 2.24) is 5.32 Å². The molecule has 2 unspecified atom stereocenters. The van der Waals surface area contributed by atoms with E-state index in [1.807, 2.05) is 0 Å². The Bertz CT molecular complexity index is 1080. The first-order valence-corrected chi connectivity index (χ1v) is 32.9. The molecule has 3 N–H and O–H groups in total. The van der Waals surface area contributed by atoms with Crippen LogP contribution in [0.4, 0.5) is 0 Å². The quantitative estimate of drug-likeness (QED) is 0.0320. The number of aliphatic hydroxyl groups excluding tert-OH is 2. The summed E-state index contributed by atoms with van der Waals surface area (Å²) in [4.78, 5) is 24.6. The van der Waals surface area contributed by atoms with Crippen molar-refractivity contribution in [3.05, 3.63) is 12.2 Å². The zero-order valence-electron chi connectivity index (χ0n) is 48.9. The number of unbranched alkanes of at least 4 members (excludes halogenated alkanes) is 49. The summed E-state index contributed by atoms with van der Waals surface area (Å²) in [7, 11) is 0. The summed E-state index contributed by atoms with van der Waals surface area (Å²) in [5, 5.41) is 23.4. The van der Waals surface area contributed by atoms with Crippen LogP contribution in [0.25, 0.3) is 0 Å². The molecule has 0 aliphatic heterocycles. The molecular weight excluding hydrogens is 887 g/mol. The van der Waals surface area contributed by atoms with E-state index in [1.165, 1.54) is 295 Å². The van der Waals surface area contributed by atoms with Gasteiger partial charge in [-0.15, -0.1) is 0 Å². The first kappa shape index (κ1) is 70.6. The molecule has 0 saturated heterocycles. The van der Waals surface area contributed by atoms with Crippen LogP contribution in [0.3, 0.4) is 0 Å². The monoisotopic (exact) mass is 1020 g/mol. The van der Waals surface area contributed by atoms with Crippen LogP contribution < -0.4 is 5.32 Å². The van der Waals surface area contributed by atoms with E-state index in [1.54, 1.807) is 0 Å². The third-order valence-corrected chi connectivity index (χ3v) is 15.6. The fourth-order valence-corrected chi connectivity index (χ4v) is 10.5. The first-order valence-electron chi connectivity index (χ1n) is 32.9. The zero-order chi connectivity index (χ0) is 52.2. The Labute approximate surface area is 450 Å². The second-order valence-electron chi connectivity index (χ2n) is 22.8. The maximum absolute atomic E-state index is 12.5. The van der Waals surface area contributed by atoms with Gasteiger partial charge in [0.1, 0.15) is 0 Å². The second-order valence-corrected chi connectivity index (χ2v) is 22.8.